The highest BCUT2D eigenvalue weighted by molar-refractivity contribution is 6.30. The molecule has 1 aliphatic carbocycles. The summed E-state index contributed by atoms with van der Waals surface area (Å²) in [4.78, 5) is 34.5. The Labute approximate surface area is 184 Å². The summed E-state index contributed by atoms with van der Waals surface area (Å²) in [6.07, 6.45) is 11.3. The molecule has 1 amide bonds. The number of aromatic amines is 1. The lowest BCUT2D eigenvalue weighted by Crippen LogP contribution is -2.44. The third-order valence-corrected chi connectivity index (χ3v) is 7.05. The number of nitrogens with one attached hydrogen (secondary N) is 1. The van der Waals surface area contributed by atoms with Crippen molar-refractivity contribution >= 4 is 34.6 Å². The van der Waals surface area contributed by atoms with E-state index in [9.17, 15) is 4.79 Å². The van der Waals surface area contributed by atoms with Crippen molar-refractivity contribution in [2.45, 2.75) is 44.1 Å². The topological polar surface area (TPSA) is 95.8 Å². The Balaban J connectivity index is 1.24. The standard InChI is InChI=1S/C21H25ClN8O/c22-15-10-24-30(13-15)21(5-6-21)19-25-16-11-23-20(27-17(16)26-19)29-9-3-4-14(12-29)18(31)28-7-1-2-8-28/h10-11,13-14H,1-9,12H2,(H,23,25,26,27)/t14-/m1/s1. The van der Waals surface area contributed by atoms with Crippen molar-refractivity contribution < 1.29 is 4.79 Å². The van der Waals surface area contributed by atoms with Gasteiger partial charge in [-0.3, -0.25) is 9.48 Å². The quantitative estimate of drug-likeness (QED) is 0.669. The van der Waals surface area contributed by atoms with Crippen LogP contribution in [-0.2, 0) is 10.3 Å². The summed E-state index contributed by atoms with van der Waals surface area (Å²) in [5, 5.41) is 5.01. The van der Waals surface area contributed by atoms with Gasteiger partial charge in [0.15, 0.2) is 5.65 Å². The second kappa shape index (κ2) is 7.19. The number of amides is 1. The van der Waals surface area contributed by atoms with E-state index >= 15 is 0 Å². The Morgan fingerprint density at radius 2 is 1.97 bits per heavy atom. The average molecular weight is 441 g/mol. The minimum Gasteiger partial charge on any atom is -0.342 e. The Morgan fingerprint density at radius 3 is 2.71 bits per heavy atom. The molecule has 2 saturated heterocycles. The fourth-order valence-corrected chi connectivity index (χ4v) is 5.09. The van der Waals surface area contributed by atoms with Crippen molar-refractivity contribution in [3.05, 3.63) is 29.4 Å². The SMILES string of the molecule is O=C([C@@H]1CCCN(c2ncc3nc(C4(n5cc(Cl)cn5)CC4)[nH]c3n2)C1)N1CCCC1. The van der Waals surface area contributed by atoms with E-state index in [2.05, 4.69) is 20.0 Å². The molecule has 0 aromatic carbocycles. The fourth-order valence-electron chi connectivity index (χ4n) is 4.96. The number of hydrogen-bond donors (Lipinski definition) is 1. The van der Waals surface area contributed by atoms with E-state index in [-0.39, 0.29) is 11.5 Å². The summed E-state index contributed by atoms with van der Waals surface area (Å²) in [6, 6.07) is 0. The number of hydrogen-bond acceptors (Lipinski definition) is 6. The summed E-state index contributed by atoms with van der Waals surface area (Å²) in [5.41, 5.74) is 1.19. The highest BCUT2D eigenvalue weighted by Crippen LogP contribution is 2.48. The Bertz CT molecular complexity index is 1130. The lowest BCUT2D eigenvalue weighted by molar-refractivity contribution is -0.134. The number of anilines is 1. The predicted octanol–water partition coefficient (Wildman–Crippen LogP) is 2.58. The Morgan fingerprint density at radius 1 is 1.13 bits per heavy atom. The highest BCUT2D eigenvalue weighted by atomic mass is 35.5. The van der Waals surface area contributed by atoms with Gasteiger partial charge in [-0.2, -0.15) is 10.1 Å². The first-order valence-corrected chi connectivity index (χ1v) is 11.5. The van der Waals surface area contributed by atoms with Gasteiger partial charge >= 0.3 is 0 Å². The van der Waals surface area contributed by atoms with Gasteiger partial charge in [0.2, 0.25) is 11.9 Å². The van der Waals surface area contributed by atoms with Crippen molar-refractivity contribution in [3.8, 4) is 0 Å². The number of fused-ring (bicyclic) bond motifs is 1. The maximum atomic E-state index is 12.9. The van der Waals surface area contributed by atoms with Gasteiger partial charge in [-0.25, -0.2) is 9.97 Å². The molecule has 3 aromatic heterocycles. The number of nitrogens with zero attached hydrogens (tertiary/aromatic N) is 7. The van der Waals surface area contributed by atoms with Crippen LogP contribution in [0.2, 0.25) is 5.02 Å². The second-order valence-corrected chi connectivity index (χ2v) is 9.38. The number of H-pyrrole nitrogens is 1. The summed E-state index contributed by atoms with van der Waals surface area (Å²) in [5.74, 6) is 1.83. The second-order valence-electron chi connectivity index (χ2n) is 8.94. The van der Waals surface area contributed by atoms with Crippen molar-refractivity contribution in [2.75, 3.05) is 31.1 Å². The smallest absolute Gasteiger partial charge is 0.227 e. The number of aromatic nitrogens is 6. The zero-order valence-electron chi connectivity index (χ0n) is 17.3. The van der Waals surface area contributed by atoms with E-state index in [1.807, 2.05) is 15.8 Å². The molecule has 3 aromatic rings. The predicted molar refractivity (Wildman–Crippen MR) is 116 cm³/mol. The molecule has 162 valence electrons. The maximum Gasteiger partial charge on any atom is 0.227 e. The molecule has 3 fully saturated rings. The number of halogens is 1. The van der Waals surface area contributed by atoms with E-state index < -0.39 is 0 Å². The van der Waals surface area contributed by atoms with Gasteiger partial charge in [-0.05, 0) is 38.5 Å². The molecule has 3 aliphatic rings. The molecule has 10 heteroatoms. The minimum atomic E-state index is -0.271. The first-order chi connectivity index (χ1) is 15.1. The largest absolute Gasteiger partial charge is 0.342 e. The molecule has 5 heterocycles. The first kappa shape index (κ1) is 19.0. The van der Waals surface area contributed by atoms with Crippen molar-refractivity contribution in [3.63, 3.8) is 0 Å². The number of carbonyl (C=O) groups is 1. The van der Waals surface area contributed by atoms with Gasteiger partial charge < -0.3 is 14.8 Å². The Kier molecular flexibility index (Phi) is 4.41. The number of piperidine rings is 1. The lowest BCUT2D eigenvalue weighted by atomic mass is 9.97. The fraction of sp³-hybridized carbons (Fsp3) is 0.571. The van der Waals surface area contributed by atoms with E-state index in [4.69, 9.17) is 21.6 Å². The van der Waals surface area contributed by atoms with Crippen molar-refractivity contribution in [1.29, 1.82) is 0 Å². The van der Waals surface area contributed by atoms with E-state index in [0.29, 0.717) is 23.4 Å². The number of carbonyl (C=O) groups excluding carboxylic acids is 1. The summed E-state index contributed by atoms with van der Waals surface area (Å²) in [6.45, 7) is 3.35. The van der Waals surface area contributed by atoms with Gasteiger partial charge in [0.25, 0.3) is 0 Å². The maximum absolute atomic E-state index is 12.9. The molecule has 1 N–H and O–H groups in total. The zero-order chi connectivity index (χ0) is 21.0. The van der Waals surface area contributed by atoms with Crippen LogP contribution in [0.5, 0.6) is 0 Å². The van der Waals surface area contributed by atoms with Gasteiger partial charge in [-0.1, -0.05) is 11.6 Å². The number of rotatable bonds is 4. The van der Waals surface area contributed by atoms with Crippen LogP contribution < -0.4 is 4.90 Å². The summed E-state index contributed by atoms with van der Waals surface area (Å²) in [7, 11) is 0. The molecule has 2 aliphatic heterocycles. The van der Waals surface area contributed by atoms with Crippen LogP contribution in [0.4, 0.5) is 5.95 Å². The zero-order valence-corrected chi connectivity index (χ0v) is 18.1. The van der Waals surface area contributed by atoms with Gasteiger partial charge in [0.1, 0.15) is 16.9 Å². The third kappa shape index (κ3) is 3.26. The molecule has 31 heavy (non-hydrogen) atoms. The van der Waals surface area contributed by atoms with Crippen molar-refractivity contribution in [2.24, 2.45) is 5.92 Å². The van der Waals surface area contributed by atoms with Crippen LogP contribution in [-0.4, -0.2) is 66.7 Å². The number of imidazole rings is 1. The van der Waals surface area contributed by atoms with E-state index in [0.717, 1.165) is 75.1 Å². The summed E-state index contributed by atoms with van der Waals surface area (Å²) < 4.78 is 1.89. The molecule has 6 rings (SSSR count). The van der Waals surface area contributed by atoms with Gasteiger partial charge in [0.05, 0.1) is 23.3 Å². The van der Waals surface area contributed by atoms with Crippen LogP contribution in [0.1, 0.15) is 44.3 Å². The molecule has 0 bridgehead atoms. The highest BCUT2D eigenvalue weighted by Gasteiger charge is 2.50. The minimum absolute atomic E-state index is 0.0303. The van der Waals surface area contributed by atoms with Gasteiger partial charge in [0, 0.05) is 32.4 Å². The average Bonchev–Trinajstić information content (AvgIpc) is 3.18. The molecular weight excluding hydrogens is 416 g/mol. The molecular formula is C21H25ClN8O. The normalized spacial score (nSPS) is 22.9. The monoisotopic (exact) mass is 440 g/mol. The van der Waals surface area contributed by atoms with Crippen LogP contribution in [0.15, 0.2) is 18.6 Å². The summed E-state index contributed by atoms with van der Waals surface area (Å²) >= 11 is 6.07. The number of likely N-dealkylation sites (tertiary alicyclic amines) is 1. The van der Waals surface area contributed by atoms with Gasteiger partial charge in [-0.15, -0.1) is 0 Å². The first-order valence-electron chi connectivity index (χ1n) is 11.1. The molecule has 1 atom stereocenters. The van der Waals surface area contributed by atoms with E-state index in [1.54, 1.807) is 12.4 Å². The third-order valence-electron chi connectivity index (χ3n) is 6.85. The molecule has 1 saturated carbocycles. The van der Waals surface area contributed by atoms with E-state index in [1.165, 1.54) is 0 Å². The molecule has 9 nitrogen and oxygen atoms in total. The van der Waals surface area contributed by atoms with Crippen LogP contribution in [0.25, 0.3) is 11.2 Å². The Hall–Kier alpha value is -2.68. The van der Waals surface area contributed by atoms with Crippen LogP contribution in [0.3, 0.4) is 0 Å². The molecule has 0 spiro atoms. The lowest BCUT2D eigenvalue weighted by Gasteiger charge is -2.33. The molecule has 0 radical (unpaired) electrons. The van der Waals surface area contributed by atoms with Crippen LogP contribution >= 0.6 is 11.6 Å². The van der Waals surface area contributed by atoms with Crippen molar-refractivity contribution in [1.82, 2.24) is 34.6 Å². The van der Waals surface area contributed by atoms with Crippen LogP contribution in [0, 0.1) is 5.92 Å². The molecule has 0 unspecified atom stereocenters.